The molecule has 11 nitrogen and oxygen atoms in total. The van der Waals surface area contributed by atoms with E-state index in [0.717, 1.165) is 12.1 Å². The van der Waals surface area contributed by atoms with Crippen LogP contribution in [0, 0.1) is 10.1 Å². The van der Waals surface area contributed by atoms with Crippen molar-refractivity contribution < 1.29 is 21.8 Å². The lowest BCUT2D eigenvalue weighted by Gasteiger charge is -2.10. The fourth-order valence-electron chi connectivity index (χ4n) is 2.44. The van der Waals surface area contributed by atoms with Crippen molar-refractivity contribution in [1.82, 2.24) is 14.3 Å². The fraction of sp³-hybridized carbons (Fsp3) is 0.133. The molecule has 3 rings (SSSR count). The van der Waals surface area contributed by atoms with E-state index in [1.54, 1.807) is 29.0 Å². The smallest absolute Gasteiger partial charge is 0.283 e. The first-order chi connectivity index (χ1) is 13.2. The first-order valence-corrected chi connectivity index (χ1v) is 11.0. The lowest BCUT2D eigenvalue weighted by Crippen LogP contribution is -2.31. The standard InChI is InChI=1S/C15H15N5O6S2/c21-20(22)14-3-1-2-4-15(14)28(25,26)17-8-10-27(23,24)18-12-6-9-19-13(11-12)5-7-16-19/h1-7,9,11,17-18H,8,10H2. The molecule has 13 heteroatoms. The molecule has 0 fully saturated rings. The third-order valence-corrected chi connectivity index (χ3v) is 6.48. The Kier molecular flexibility index (Phi) is 5.31. The number of fused-ring (bicyclic) bond motifs is 1. The van der Waals surface area contributed by atoms with Gasteiger partial charge in [-0.25, -0.2) is 26.1 Å². The lowest BCUT2D eigenvalue weighted by molar-refractivity contribution is -0.387. The maximum Gasteiger partial charge on any atom is 0.289 e. The monoisotopic (exact) mass is 425 g/mol. The molecule has 2 aromatic heterocycles. The summed E-state index contributed by atoms with van der Waals surface area (Å²) in [5.41, 5.74) is 0.386. The van der Waals surface area contributed by atoms with Crippen molar-refractivity contribution in [2.75, 3.05) is 17.0 Å². The summed E-state index contributed by atoms with van der Waals surface area (Å²) in [7, 11) is -8.11. The topological polar surface area (TPSA) is 153 Å². The van der Waals surface area contributed by atoms with Crippen LogP contribution in [0.1, 0.15) is 0 Å². The molecule has 148 valence electrons. The van der Waals surface area contributed by atoms with Crippen LogP contribution >= 0.6 is 0 Å². The summed E-state index contributed by atoms with van der Waals surface area (Å²) in [6.45, 7) is -0.460. The summed E-state index contributed by atoms with van der Waals surface area (Å²) in [6, 6.07) is 9.58. The molecule has 0 saturated carbocycles. The minimum absolute atomic E-state index is 0.301. The number of rotatable bonds is 8. The van der Waals surface area contributed by atoms with Gasteiger partial charge in [0.2, 0.25) is 20.0 Å². The molecule has 3 aromatic rings. The zero-order valence-electron chi connectivity index (χ0n) is 14.2. The Morgan fingerprint density at radius 1 is 1.11 bits per heavy atom. The highest BCUT2D eigenvalue weighted by molar-refractivity contribution is 7.92. The minimum atomic E-state index is -4.25. The first-order valence-electron chi connectivity index (χ1n) is 7.85. The van der Waals surface area contributed by atoms with Crippen molar-refractivity contribution >= 4 is 36.9 Å². The number of hydrogen-bond donors (Lipinski definition) is 2. The zero-order chi connectivity index (χ0) is 20.4. The first kappa shape index (κ1) is 19.7. The van der Waals surface area contributed by atoms with Crippen LogP contribution in [0.2, 0.25) is 0 Å². The van der Waals surface area contributed by atoms with Gasteiger partial charge in [0.15, 0.2) is 4.90 Å². The van der Waals surface area contributed by atoms with Gasteiger partial charge in [-0.15, -0.1) is 0 Å². The number of para-hydroxylation sites is 1. The molecule has 28 heavy (non-hydrogen) atoms. The largest absolute Gasteiger partial charge is 0.289 e. The number of sulfonamides is 2. The lowest BCUT2D eigenvalue weighted by atomic mass is 10.3. The van der Waals surface area contributed by atoms with Gasteiger partial charge in [-0.05, 0) is 24.3 Å². The molecule has 2 heterocycles. The quantitative estimate of drug-likeness (QED) is 0.403. The number of nitro groups is 1. The Balaban J connectivity index is 1.67. The van der Waals surface area contributed by atoms with Crippen molar-refractivity contribution in [3.63, 3.8) is 0 Å². The number of nitrogens with one attached hydrogen (secondary N) is 2. The van der Waals surface area contributed by atoms with Gasteiger partial charge in [0.05, 0.1) is 21.9 Å². The Hall–Kier alpha value is -3.03. The van der Waals surface area contributed by atoms with Crippen LogP contribution in [0.25, 0.3) is 5.52 Å². The Morgan fingerprint density at radius 3 is 2.61 bits per heavy atom. The van der Waals surface area contributed by atoms with E-state index >= 15 is 0 Å². The maximum atomic E-state index is 12.3. The second-order valence-electron chi connectivity index (χ2n) is 5.66. The molecule has 0 aliphatic carbocycles. The van der Waals surface area contributed by atoms with Gasteiger partial charge in [-0.2, -0.15) is 5.10 Å². The number of benzene rings is 1. The molecule has 0 aliphatic heterocycles. The number of pyridine rings is 1. The van der Waals surface area contributed by atoms with Gasteiger partial charge < -0.3 is 0 Å². The molecule has 0 unspecified atom stereocenters. The number of aromatic nitrogens is 2. The number of nitrogens with zero attached hydrogens (tertiary/aromatic N) is 3. The molecular formula is C15H15N5O6S2. The van der Waals surface area contributed by atoms with Gasteiger partial charge in [0.1, 0.15) is 0 Å². The van der Waals surface area contributed by atoms with E-state index in [1.165, 1.54) is 18.2 Å². The number of anilines is 1. The molecule has 2 N–H and O–H groups in total. The normalized spacial score (nSPS) is 12.1. The summed E-state index contributed by atoms with van der Waals surface area (Å²) >= 11 is 0. The summed E-state index contributed by atoms with van der Waals surface area (Å²) < 4.78 is 54.9. The Bertz CT molecular complexity index is 1240. The summed E-state index contributed by atoms with van der Waals surface area (Å²) in [4.78, 5) is 9.63. The zero-order valence-corrected chi connectivity index (χ0v) is 15.9. The molecule has 0 radical (unpaired) electrons. The van der Waals surface area contributed by atoms with Crippen LogP contribution in [-0.2, 0) is 20.0 Å². The van der Waals surface area contributed by atoms with Crippen molar-refractivity contribution in [2.45, 2.75) is 4.90 Å². The van der Waals surface area contributed by atoms with Crippen LogP contribution in [0.3, 0.4) is 0 Å². The van der Waals surface area contributed by atoms with Gasteiger partial charge in [0, 0.05) is 25.0 Å². The second-order valence-corrected chi connectivity index (χ2v) is 9.24. The molecule has 0 atom stereocenters. The molecule has 0 saturated heterocycles. The van der Waals surface area contributed by atoms with Crippen LogP contribution in [-0.4, -0.2) is 43.7 Å². The number of hydrogen-bond acceptors (Lipinski definition) is 7. The van der Waals surface area contributed by atoms with E-state index in [1.807, 2.05) is 0 Å². The van der Waals surface area contributed by atoms with Crippen molar-refractivity contribution in [3.8, 4) is 0 Å². The third kappa shape index (κ3) is 4.44. The minimum Gasteiger partial charge on any atom is -0.283 e. The predicted molar refractivity (Wildman–Crippen MR) is 101 cm³/mol. The summed E-state index contributed by atoms with van der Waals surface area (Å²) in [6.07, 6.45) is 3.13. The average Bonchev–Trinajstić information content (AvgIpc) is 3.08. The van der Waals surface area contributed by atoms with Gasteiger partial charge in [-0.3, -0.25) is 14.8 Å². The van der Waals surface area contributed by atoms with Crippen LogP contribution < -0.4 is 9.44 Å². The maximum absolute atomic E-state index is 12.3. The van der Waals surface area contributed by atoms with E-state index in [-0.39, 0.29) is 0 Å². The summed E-state index contributed by atoms with van der Waals surface area (Å²) in [5.74, 6) is -0.558. The fourth-order valence-corrected chi connectivity index (χ4v) is 4.73. The van der Waals surface area contributed by atoms with Gasteiger partial charge in [-0.1, -0.05) is 12.1 Å². The van der Waals surface area contributed by atoms with Crippen molar-refractivity contribution in [2.24, 2.45) is 0 Å². The molecule has 0 spiro atoms. The number of nitro benzene ring substituents is 1. The van der Waals surface area contributed by atoms with Crippen LogP contribution in [0.4, 0.5) is 11.4 Å². The van der Waals surface area contributed by atoms with E-state index in [2.05, 4.69) is 14.5 Å². The second kappa shape index (κ2) is 7.53. The highest BCUT2D eigenvalue weighted by Crippen LogP contribution is 2.22. The summed E-state index contributed by atoms with van der Waals surface area (Å²) in [5, 5.41) is 15.0. The van der Waals surface area contributed by atoms with Crippen LogP contribution in [0.15, 0.2) is 59.8 Å². The Morgan fingerprint density at radius 2 is 1.86 bits per heavy atom. The highest BCUT2D eigenvalue weighted by atomic mass is 32.2. The van der Waals surface area contributed by atoms with E-state index in [4.69, 9.17) is 0 Å². The van der Waals surface area contributed by atoms with Crippen molar-refractivity contribution in [3.05, 3.63) is 65.0 Å². The van der Waals surface area contributed by atoms with E-state index in [9.17, 15) is 26.9 Å². The SMILES string of the molecule is O=[N+]([O-])c1ccccc1S(=O)(=O)NCCS(=O)(=O)Nc1ccn2nccc2c1. The average molecular weight is 425 g/mol. The molecule has 1 aromatic carbocycles. The molecule has 0 bridgehead atoms. The highest BCUT2D eigenvalue weighted by Gasteiger charge is 2.25. The molecule has 0 amide bonds. The van der Waals surface area contributed by atoms with Gasteiger partial charge >= 0.3 is 0 Å². The van der Waals surface area contributed by atoms with E-state index < -0.39 is 47.9 Å². The van der Waals surface area contributed by atoms with E-state index in [0.29, 0.717) is 11.2 Å². The molecular weight excluding hydrogens is 410 g/mol. The van der Waals surface area contributed by atoms with Crippen molar-refractivity contribution in [1.29, 1.82) is 0 Å². The van der Waals surface area contributed by atoms with Crippen LogP contribution in [0.5, 0.6) is 0 Å². The molecule has 0 aliphatic rings. The van der Waals surface area contributed by atoms with Gasteiger partial charge in [0.25, 0.3) is 5.69 Å². The predicted octanol–water partition coefficient (Wildman–Crippen LogP) is 0.963. The Labute approximate surface area is 160 Å². The third-order valence-electron chi connectivity index (χ3n) is 3.69.